The number of nitrogens with zero attached hydrogens (tertiary/aromatic N) is 2. The predicted octanol–water partition coefficient (Wildman–Crippen LogP) is 2.15. The highest BCUT2D eigenvalue weighted by atomic mass is 15.2. The first-order valence-electron chi connectivity index (χ1n) is 6.85. The second-order valence-electron chi connectivity index (χ2n) is 4.92. The molecule has 0 atom stereocenters. The fourth-order valence-corrected chi connectivity index (χ4v) is 2.57. The topological polar surface area (TPSA) is 28.2 Å². The fraction of sp³-hybridized carbons (Fsp3) is 0.312. The molecule has 1 aliphatic rings. The standard InChI is InChI=1S/C16H19N3/c1-2-6-16(14-5-3-7-18-12-14)15(4-1)13-19-10-8-17-9-11-19/h1-7,12,17H,8-11,13H2. The van der Waals surface area contributed by atoms with E-state index in [-0.39, 0.29) is 0 Å². The van der Waals surface area contributed by atoms with E-state index in [1.54, 1.807) is 0 Å². The molecule has 0 unspecified atom stereocenters. The number of piperazine rings is 1. The van der Waals surface area contributed by atoms with Crippen LogP contribution in [0.2, 0.25) is 0 Å². The highest BCUT2D eigenvalue weighted by Crippen LogP contribution is 2.23. The Kier molecular flexibility index (Phi) is 3.86. The summed E-state index contributed by atoms with van der Waals surface area (Å²) in [6.45, 7) is 5.46. The van der Waals surface area contributed by atoms with Gasteiger partial charge in [-0.05, 0) is 17.2 Å². The quantitative estimate of drug-likeness (QED) is 0.908. The summed E-state index contributed by atoms with van der Waals surface area (Å²) in [7, 11) is 0. The van der Waals surface area contributed by atoms with Gasteiger partial charge in [-0.2, -0.15) is 0 Å². The van der Waals surface area contributed by atoms with Gasteiger partial charge in [0.25, 0.3) is 0 Å². The van der Waals surface area contributed by atoms with Crippen molar-refractivity contribution in [2.45, 2.75) is 6.54 Å². The van der Waals surface area contributed by atoms with Gasteiger partial charge in [0.15, 0.2) is 0 Å². The number of hydrogen-bond donors (Lipinski definition) is 1. The maximum atomic E-state index is 4.23. The second kappa shape index (κ2) is 5.95. The molecule has 1 aromatic heterocycles. The lowest BCUT2D eigenvalue weighted by molar-refractivity contribution is 0.233. The van der Waals surface area contributed by atoms with Crippen LogP contribution in [0.4, 0.5) is 0 Å². The molecule has 1 saturated heterocycles. The van der Waals surface area contributed by atoms with Gasteiger partial charge in [0, 0.05) is 50.7 Å². The maximum absolute atomic E-state index is 4.23. The van der Waals surface area contributed by atoms with E-state index >= 15 is 0 Å². The van der Waals surface area contributed by atoms with Crippen molar-refractivity contribution in [1.29, 1.82) is 0 Å². The van der Waals surface area contributed by atoms with Crippen molar-refractivity contribution in [2.75, 3.05) is 26.2 Å². The highest BCUT2D eigenvalue weighted by Gasteiger charge is 2.12. The molecule has 2 heterocycles. The minimum Gasteiger partial charge on any atom is -0.314 e. The molecule has 1 N–H and O–H groups in total. The Labute approximate surface area is 114 Å². The van der Waals surface area contributed by atoms with Gasteiger partial charge in [-0.25, -0.2) is 0 Å². The molecule has 0 bridgehead atoms. The fourth-order valence-electron chi connectivity index (χ4n) is 2.57. The predicted molar refractivity (Wildman–Crippen MR) is 77.8 cm³/mol. The summed E-state index contributed by atoms with van der Waals surface area (Å²) in [4.78, 5) is 6.73. The minimum atomic E-state index is 1.02. The van der Waals surface area contributed by atoms with E-state index in [2.05, 4.69) is 45.5 Å². The molecule has 2 aromatic rings. The molecule has 98 valence electrons. The van der Waals surface area contributed by atoms with E-state index < -0.39 is 0 Å². The maximum Gasteiger partial charge on any atom is 0.0346 e. The average Bonchev–Trinajstić information content (AvgIpc) is 2.50. The van der Waals surface area contributed by atoms with E-state index in [4.69, 9.17) is 0 Å². The van der Waals surface area contributed by atoms with Gasteiger partial charge in [-0.1, -0.05) is 30.3 Å². The summed E-state index contributed by atoms with van der Waals surface area (Å²) in [6, 6.07) is 12.8. The Morgan fingerprint density at radius 1 is 1.05 bits per heavy atom. The van der Waals surface area contributed by atoms with Crippen LogP contribution < -0.4 is 5.32 Å². The van der Waals surface area contributed by atoms with Crippen LogP contribution in [-0.2, 0) is 6.54 Å². The molecule has 0 spiro atoms. The van der Waals surface area contributed by atoms with Crippen LogP contribution in [0.5, 0.6) is 0 Å². The molecule has 0 radical (unpaired) electrons. The number of nitrogens with one attached hydrogen (secondary N) is 1. The van der Waals surface area contributed by atoms with Gasteiger partial charge in [0.2, 0.25) is 0 Å². The number of rotatable bonds is 3. The smallest absolute Gasteiger partial charge is 0.0346 e. The lowest BCUT2D eigenvalue weighted by Gasteiger charge is -2.28. The van der Waals surface area contributed by atoms with E-state index in [9.17, 15) is 0 Å². The van der Waals surface area contributed by atoms with Crippen molar-refractivity contribution in [3.63, 3.8) is 0 Å². The Balaban J connectivity index is 1.85. The number of hydrogen-bond acceptors (Lipinski definition) is 3. The number of pyridine rings is 1. The van der Waals surface area contributed by atoms with Crippen molar-refractivity contribution >= 4 is 0 Å². The monoisotopic (exact) mass is 253 g/mol. The van der Waals surface area contributed by atoms with Gasteiger partial charge in [0.1, 0.15) is 0 Å². The minimum absolute atomic E-state index is 1.02. The molecule has 3 rings (SSSR count). The first-order valence-corrected chi connectivity index (χ1v) is 6.85. The van der Waals surface area contributed by atoms with Gasteiger partial charge < -0.3 is 5.32 Å². The van der Waals surface area contributed by atoms with E-state index in [1.165, 1.54) is 16.7 Å². The molecule has 3 nitrogen and oxygen atoms in total. The Hall–Kier alpha value is -1.71. The third kappa shape index (κ3) is 3.00. The van der Waals surface area contributed by atoms with Crippen LogP contribution in [0.3, 0.4) is 0 Å². The molecule has 3 heteroatoms. The SMILES string of the molecule is c1cncc(-c2ccccc2CN2CCNCC2)c1. The normalized spacial score (nSPS) is 16.4. The first-order chi connectivity index (χ1) is 9.43. The number of benzene rings is 1. The van der Waals surface area contributed by atoms with Crippen molar-refractivity contribution in [3.8, 4) is 11.1 Å². The number of aromatic nitrogens is 1. The average molecular weight is 253 g/mol. The lowest BCUT2D eigenvalue weighted by Crippen LogP contribution is -2.42. The van der Waals surface area contributed by atoms with Crippen molar-refractivity contribution in [1.82, 2.24) is 15.2 Å². The molecule has 1 fully saturated rings. The summed E-state index contributed by atoms with van der Waals surface area (Å²) in [6.07, 6.45) is 3.76. The summed E-state index contributed by atoms with van der Waals surface area (Å²) in [5.74, 6) is 0. The van der Waals surface area contributed by atoms with E-state index in [1.807, 2.05) is 18.5 Å². The summed E-state index contributed by atoms with van der Waals surface area (Å²) in [5.41, 5.74) is 3.89. The van der Waals surface area contributed by atoms with Crippen molar-refractivity contribution in [2.24, 2.45) is 0 Å². The second-order valence-corrected chi connectivity index (χ2v) is 4.92. The van der Waals surface area contributed by atoms with Crippen LogP contribution in [0, 0.1) is 0 Å². The van der Waals surface area contributed by atoms with Crippen molar-refractivity contribution < 1.29 is 0 Å². The lowest BCUT2D eigenvalue weighted by atomic mass is 10.0. The van der Waals surface area contributed by atoms with E-state index in [0.717, 1.165) is 32.7 Å². The summed E-state index contributed by atoms with van der Waals surface area (Å²) >= 11 is 0. The van der Waals surface area contributed by atoms with Gasteiger partial charge >= 0.3 is 0 Å². The molecule has 0 amide bonds. The first kappa shape index (κ1) is 12.3. The molecule has 1 aliphatic heterocycles. The third-order valence-corrected chi connectivity index (χ3v) is 3.59. The molecule has 0 aliphatic carbocycles. The zero-order valence-electron chi connectivity index (χ0n) is 11.0. The molecular formula is C16H19N3. The Morgan fingerprint density at radius 2 is 1.89 bits per heavy atom. The van der Waals surface area contributed by atoms with Crippen LogP contribution >= 0.6 is 0 Å². The molecule has 0 saturated carbocycles. The van der Waals surface area contributed by atoms with Crippen LogP contribution in [-0.4, -0.2) is 36.1 Å². The molecule has 1 aromatic carbocycles. The largest absolute Gasteiger partial charge is 0.314 e. The third-order valence-electron chi connectivity index (χ3n) is 3.59. The summed E-state index contributed by atoms with van der Waals surface area (Å²) < 4.78 is 0. The zero-order valence-corrected chi connectivity index (χ0v) is 11.0. The Morgan fingerprint density at radius 3 is 2.68 bits per heavy atom. The Bertz CT molecular complexity index is 519. The van der Waals surface area contributed by atoms with Crippen LogP contribution in [0.25, 0.3) is 11.1 Å². The van der Waals surface area contributed by atoms with Crippen molar-refractivity contribution in [3.05, 3.63) is 54.4 Å². The van der Waals surface area contributed by atoms with Crippen LogP contribution in [0.1, 0.15) is 5.56 Å². The van der Waals surface area contributed by atoms with Crippen LogP contribution in [0.15, 0.2) is 48.8 Å². The molecule has 19 heavy (non-hydrogen) atoms. The van der Waals surface area contributed by atoms with Gasteiger partial charge in [-0.15, -0.1) is 0 Å². The zero-order chi connectivity index (χ0) is 12.9. The summed E-state index contributed by atoms with van der Waals surface area (Å²) in [5, 5.41) is 3.40. The molecular weight excluding hydrogens is 234 g/mol. The van der Waals surface area contributed by atoms with E-state index in [0.29, 0.717) is 0 Å². The van der Waals surface area contributed by atoms with Gasteiger partial charge in [0.05, 0.1) is 0 Å². The van der Waals surface area contributed by atoms with Gasteiger partial charge in [-0.3, -0.25) is 9.88 Å². The highest BCUT2D eigenvalue weighted by molar-refractivity contribution is 5.66.